The predicted molar refractivity (Wildman–Crippen MR) is 153 cm³/mol. The number of thioether (sulfide) groups is 1. The number of rotatable bonds is 7. The van der Waals surface area contributed by atoms with Crippen molar-refractivity contribution in [3.05, 3.63) is 89.0 Å². The van der Waals surface area contributed by atoms with Crippen LogP contribution >= 0.6 is 31.1 Å². The molecule has 1 N–H and O–H groups in total. The van der Waals surface area contributed by atoms with Gasteiger partial charge in [-0.25, -0.2) is 0 Å². The van der Waals surface area contributed by atoms with E-state index in [1.165, 1.54) is 11.8 Å². The summed E-state index contributed by atoms with van der Waals surface area (Å²) in [5, 5.41) is 3.98. The molecule has 0 unspecified atom stereocenters. The maximum absolute atomic E-state index is 14.7. The van der Waals surface area contributed by atoms with Crippen molar-refractivity contribution in [1.29, 1.82) is 0 Å². The second kappa shape index (κ2) is 10.6. The molecule has 0 fully saturated rings. The Hall–Kier alpha value is -2.53. The van der Waals surface area contributed by atoms with Crippen LogP contribution in [0.15, 0.2) is 66.7 Å². The number of nitrogens with one attached hydrogen (secondary N) is 1. The van der Waals surface area contributed by atoms with Crippen molar-refractivity contribution in [2.45, 2.75) is 46.3 Å². The first kappa shape index (κ1) is 27.1. The molecular weight excluding hydrogens is 493 g/mol. The van der Waals surface area contributed by atoms with Crippen LogP contribution in [-0.4, -0.2) is 20.4 Å². The minimum atomic E-state index is -3.68. The van der Waals surface area contributed by atoms with Crippen LogP contribution < -0.4 is 15.9 Å². The number of hydrogen-bond acceptors (Lipinski definition) is 5. The van der Waals surface area contributed by atoms with Crippen molar-refractivity contribution < 1.29 is 14.2 Å². The normalized spacial score (nSPS) is 11.7. The van der Waals surface area contributed by atoms with Crippen molar-refractivity contribution in [1.82, 2.24) is 0 Å². The van der Waals surface area contributed by atoms with Gasteiger partial charge in [-0.05, 0) is 58.2 Å². The molecule has 1 amide bonds. The Morgan fingerprint density at radius 2 is 1.37 bits per heavy atom. The van der Waals surface area contributed by atoms with Gasteiger partial charge in [0, 0.05) is 26.1 Å². The highest BCUT2D eigenvalue weighted by molar-refractivity contribution is 8.24. The second-order valence-electron chi connectivity index (χ2n) is 9.03. The zero-order valence-corrected chi connectivity index (χ0v) is 23.4. The first-order valence-corrected chi connectivity index (χ1v) is 14.2. The van der Waals surface area contributed by atoms with E-state index in [1.54, 1.807) is 62.4 Å². The van der Waals surface area contributed by atoms with Crippen molar-refractivity contribution in [2.24, 2.45) is 0 Å². The fraction of sp³-hybridized carbons (Fsp3) is 0.250. The summed E-state index contributed by atoms with van der Waals surface area (Å²) in [6.45, 7) is 10.9. The van der Waals surface area contributed by atoms with Gasteiger partial charge in [0.05, 0.1) is 4.75 Å². The van der Waals surface area contributed by atoms with Gasteiger partial charge in [-0.2, -0.15) is 0 Å². The average Bonchev–Trinajstić information content (AvgIpc) is 2.81. The summed E-state index contributed by atoms with van der Waals surface area (Å²) in [6, 6.07) is 19.6. The van der Waals surface area contributed by atoms with Gasteiger partial charge in [0.15, 0.2) is 0 Å². The number of thiocarbonyl (C=S) groups is 1. The Morgan fingerprint density at radius 1 is 0.886 bits per heavy atom. The number of benzene rings is 3. The lowest BCUT2D eigenvalue weighted by Crippen LogP contribution is -2.35. The molecule has 0 aliphatic heterocycles. The van der Waals surface area contributed by atoms with E-state index in [9.17, 15) is 14.2 Å². The van der Waals surface area contributed by atoms with E-state index in [2.05, 4.69) is 5.32 Å². The van der Waals surface area contributed by atoms with E-state index in [-0.39, 0.29) is 5.91 Å². The molecule has 3 aromatic rings. The lowest BCUT2D eigenvalue weighted by molar-refractivity contribution is -0.117. The van der Waals surface area contributed by atoms with Gasteiger partial charge in [-0.3, -0.25) is 9.59 Å². The molecular formula is C28H30NO3PS2. The highest BCUT2D eigenvalue weighted by Gasteiger charge is 2.39. The fourth-order valence-corrected chi connectivity index (χ4v) is 8.29. The predicted octanol–water partition coefficient (Wildman–Crippen LogP) is 6.56. The van der Waals surface area contributed by atoms with Gasteiger partial charge in [0.25, 0.3) is 0 Å². The smallest absolute Gasteiger partial charge is 0.240 e. The van der Waals surface area contributed by atoms with Crippen LogP contribution in [0.4, 0.5) is 5.69 Å². The van der Waals surface area contributed by atoms with Crippen LogP contribution in [0.1, 0.15) is 47.8 Å². The van der Waals surface area contributed by atoms with Crippen molar-refractivity contribution in [3.63, 3.8) is 0 Å². The van der Waals surface area contributed by atoms with Crippen LogP contribution in [0.5, 0.6) is 0 Å². The summed E-state index contributed by atoms with van der Waals surface area (Å²) in [7, 11) is -3.68. The number of anilines is 1. The third-order valence-electron chi connectivity index (χ3n) is 5.90. The molecule has 0 aromatic heterocycles. The van der Waals surface area contributed by atoms with Gasteiger partial charge in [-0.1, -0.05) is 78.9 Å². The molecule has 4 nitrogen and oxygen atoms in total. The van der Waals surface area contributed by atoms with Gasteiger partial charge in [-0.15, -0.1) is 11.8 Å². The quantitative estimate of drug-likeness (QED) is 0.281. The van der Waals surface area contributed by atoms with Crippen LogP contribution in [0.25, 0.3) is 0 Å². The van der Waals surface area contributed by atoms with E-state index in [1.807, 2.05) is 45.9 Å². The third kappa shape index (κ3) is 5.50. The molecule has 0 aliphatic carbocycles. The lowest BCUT2D eigenvalue weighted by atomic mass is 9.97. The lowest BCUT2D eigenvalue weighted by Gasteiger charge is -2.26. The van der Waals surface area contributed by atoms with Gasteiger partial charge < -0.3 is 9.88 Å². The molecule has 0 heterocycles. The monoisotopic (exact) mass is 523 g/mol. The van der Waals surface area contributed by atoms with E-state index >= 15 is 0 Å². The van der Waals surface area contributed by atoms with Crippen molar-refractivity contribution >= 4 is 63.0 Å². The zero-order valence-electron chi connectivity index (χ0n) is 20.8. The summed E-state index contributed by atoms with van der Waals surface area (Å²) < 4.78 is 14.5. The molecule has 0 saturated heterocycles. The molecule has 0 aliphatic rings. The fourth-order valence-electron chi connectivity index (χ4n) is 4.19. The molecule has 0 radical (unpaired) electrons. The first-order valence-electron chi connectivity index (χ1n) is 11.3. The Morgan fingerprint density at radius 3 is 1.83 bits per heavy atom. The summed E-state index contributed by atoms with van der Waals surface area (Å²) in [6.07, 6.45) is 0. The highest BCUT2D eigenvalue weighted by atomic mass is 32.2. The maximum atomic E-state index is 14.7. The van der Waals surface area contributed by atoms with Crippen LogP contribution in [0.2, 0.25) is 0 Å². The largest absolute Gasteiger partial charge is 0.324 e. The molecule has 0 bridgehead atoms. The van der Waals surface area contributed by atoms with Gasteiger partial charge in [0.1, 0.15) is 0 Å². The van der Waals surface area contributed by atoms with Gasteiger partial charge >= 0.3 is 0 Å². The Labute approximate surface area is 217 Å². The average molecular weight is 524 g/mol. The van der Waals surface area contributed by atoms with Crippen LogP contribution in [-0.2, 0) is 9.36 Å². The first-order chi connectivity index (χ1) is 16.4. The Bertz CT molecular complexity index is 1290. The molecule has 0 spiro atoms. The molecule has 7 heteroatoms. The summed E-state index contributed by atoms with van der Waals surface area (Å²) >= 11 is 6.51. The number of aryl methyl sites for hydroxylation is 2. The van der Waals surface area contributed by atoms with E-state index in [0.717, 1.165) is 11.1 Å². The molecule has 0 saturated carbocycles. The van der Waals surface area contributed by atoms with Gasteiger partial charge in [0.2, 0.25) is 18.6 Å². The molecule has 0 atom stereocenters. The molecule has 35 heavy (non-hydrogen) atoms. The topological polar surface area (TPSA) is 63.2 Å². The number of amides is 1. The minimum Gasteiger partial charge on any atom is -0.324 e. The summed E-state index contributed by atoms with van der Waals surface area (Å²) in [5.74, 6) is -0.213. The van der Waals surface area contributed by atoms with Crippen molar-refractivity contribution in [2.75, 3.05) is 5.32 Å². The second-order valence-corrected chi connectivity index (χ2v) is 14.4. The van der Waals surface area contributed by atoms with Crippen molar-refractivity contribution in [3.8, 4) is 0 Å². The van der Waals surface area contributed by atoms with Crippen LogP contribution in [0.3, 0.4) is 0 Å². The Kier molecular flexibility index (Phi) is 8.21. The zero-order chi connectivity index (χ0) is 26.0. The number of carbonyl (C=O) groups is 2. The summed E-state index contributed by atoms with van der Waals surface area (Å²) in [4.78, 5) is 27.4. The Balaban J connectivity index is 2.17. The number of hydrogen-bond donors (Lipinski definition) is 1. The highest BCUT2D eigenvalue weighted by Crippen LogP contribution is 2.48. The molecule has 3 rings (SSSR count). The SMILES string of the molecule is CC(=S)SC(C)(C)C(=O)Nc1c(C)cc(C)c(C(=O)P(=O)(c2ccccc2)c2ccccc2)c1C. The molecule has 3 aromatic carbocycles. The summed E-state index contributed by atoms with van der Waals surface area (Å²) in [5.41, 5.74) is 2.65. The standard InChI is InChI=1S/C28H30NO3PS2/c1-18-17-19(2)25(29-27(31)28(5,6)35-21(4)34)20(3)24(18)26(30)33(32,22-13-9-7-10-14-22)23-15-11-8-12-16-23/h7-17H,1-6H3,(H,29,31). The van der Waals surface area contributed by atoms with E-state index in [0.29, 0.717) is 31.6 Å². The number of carbonyl (C=O) groups excluding carboxylic acids is 2. The third-order valence-corrected chi connectivity index (χ3v) is 9.97. The molecule has 182 valence electrons. The van der Waals surface area contributed by atoms with Crippen LogP contribution in [0, 0.1) is 20.8 Å². The van der Waals surface area contributed by atoms with E-state index in [4.69, 9.17) is 12.2 Å². The maximum Gasteiger partial charge on any atom is 0.240 e. The van der Waals surface area contributed by atoms with E-state index < -0.39 is 17.4 Å². The minimum absolute atomic E-state index is 0.213.